The Hall–Kier alpha value is -1.39. The zero-order chi connectivity index (χ0) is 20.5. The number of morpholine rings is 1. The summed E-state index contributed by atoms with van der Waals surface area (Å²) in [5, 5.41) is 3.37. The minimum absolute atomic E-state index is 0. The molecular weight excluding hydrogens is 495 g/mol. The summed E-state index contributed by atoms with van der Waals surface area (Å²) in [7, 11) is 2.06. The fraction of sp³-hybridized carbons (Fsp3) is 0.636. The SMILES string of the molecule is CCNC(=NCC(C(=O)N1CCOCC1)c1ccccc1)N(C)CC1CCOC1.I. The summed E-state index contributed by atoms with van der Waals surface area (Å²) < 4.78 is 10.9. The highest BCUT2D eigenvalue weighted by Crippen LogP contribution is 2.20. The smallest absolute Gasteiger partial charge is 0.232 e. The van der Waals surface area contributed by atoms with E-state index in [9.17, 15) is 4.79 Å². The van der Waals surface area contributed by atoms with Crippen LogP contribution in [0.3, 0.4) is 0 Å². The number of nitrogens with one attached hydrogen (secondary N) is 1. The highest BCUT2D eigenvalue weighted by molar-refractivity contribution is 14.0. The van der Waals surface area contributed by atoms with Crippen LogP contribution in [0.2, 0.25) is 0 Å². The van der Waals surface area contributed by atoms with E-state index in [1.807, 2.05) is 35.2 Å². The Morgan fingerprint density at radius 1 is 1.23 bits per heavy atom. The lowest BCUT2D eigenvalue weighted by Crippen LogP contribution is -2.44. The number of hydrogen-bond donors (Lipinski definition) is 1. The fourth-order valence-electron chi connectivity index (χ4n) is 3.86. The van der Waals surface area contributed by atoms with Gasteiger partial charge < -0.3 is 24.6 Å². The Morgan fingerprint density at radius 2 is 1.97 bits per heavy atom. The number of carbonyl (C=O) groups excluding carboxylic acids is 1. The largest absolute Gasteiger partial charge is 0.381 e. The van der Waals surface area contributed by atoms with Crippen LogP contribution in [0, 0.1) is 5.92 Å². The lowest BCUT2D eigenvalue weighted by molar-refractivity contribution is -0.136. The molecule has 1 amide bonds. The quantitative estimate of drug-likeness (QED) is 0.333. The molecule has 0 aliphatic carbocycles. The third-order valence-corrected chi connectivity index (χ3v) is 5.50. The monoisotopic (exact) mass is 530 g/mol. The topological polar surface area (TPSA) is 66.4 Å². The number of halogens is 1. The van der Waals surface area contributed by atoms with Crippen LogP contribution >= 0.6 is 24.0 Å². The molecule has 7 nitrogen and oxygen atoms in total. The molecule has 2 aliphatic heterocycles. The second-order valence-corrected chi connectivity index (χ2v) is 7.71. The third-order valence-electron chi connectivity index (χ3n) is 5.50. The number of hydrogen-bond acceptors (Lipinski definition) is 4. The van der Waals surface area contributed by atoms with Crippen molar-refractivity contribution in [3.63, 3.8) is 0 Å². The van der Waals surface area contributed by atoms with Crippen molar-refractivity contribution in [3.05, 3.63) is 35.9 Å². The molecule has 3 rings (SSSR count). The third kappa shape index (κ3) is 7.09. The van der Waals surface area contributed by atoms with Gasteiger partial charge in [0.2, 0.25) is 5.91 Å². The first kappa shape index (κ1) is 24.9. The summed E-state index contributed by atoms with van der Waals surface area (Å²) in [6, 6.07) is 9.98. The average Bonchev–Trinajstić information content (AvgIpc) is 3.27. The Bertz CT molecular complexity index is 662. The number of amides is 1. The van der Waals surface area contributed by atoms with Crippen molar-refractivity contribution in [3.8, 4) is 0 Å². The van der Waals surface area contributed by atoms with Gasteiger partial charge in [-0.3, -0.25) is 9.79 Å². The summed E-state index contributed by atoms with van der Waals surface area (Å²) in [4.78, 5) is 22.2. The first-order valence-electron chi connectivity index (χ1n) is 10.7. The maximum absolute atomic E-state index is 13.3. The molecule has 1 N–H and O–H groups in total. The Labute approximate surface area is 197 Å². The van der Waals surface area contributed by atoms with Gasteiger partial charge in [0, 0.05) is 45.8 Å². The first-order valence-corrected chi connectivity index (χ1v) is 10.7. The highest BCUT2D eigenvalue weighted by atomic mass is 127. The fourth-order valence-corrected chi connectivity index (χ4v) is 3.86. The zero-order valence-electron chi connectivity index (χ0n) is 18.1. The van der Waals surface area contributed by atoms with E-state index >= 15 is 0 Å². The summed E-state index contributed by atoms with van der Waals surface area (Å²) in [5.74, 6) is 1.22. The molecule has 2 fully saturated rings. The van der Waals surface area contributed by atoms with E-state index in [4.69, 9.17) is 14.5 Å². The Balaban J connectivity index is 0.00000320. The van der Waals surface area contributed by atoms with Crippen LogP contribution in [0.25, 0.3) is 0 Å². The van der Waals surface area contributed by atoms with E-state index in [0.717, 1.165) is 44.2 Å². The minimum Gasteiger partial charge on any atom is -0.381 e. The summed E-state index contributed by atoms with van der Waals surface area (Å²) >= 11 is 0. The lowest BCUT2D eigenvalue weighted by atomic mass is 9.97. The van der Waals surface area contributed by atoms with Crippen LogP contribution in [0.5, 0.6) is 0 Å². The molecule has 2 aliphatic rings. The van der Waals surface area contributed by atoms with E-state index in [2.05, 4.69) is 24.2 Å². The molecule has 30 heavy (non-hydrogen) atoms. The van der Waals surface area contributed by atoms with Crippen molar-refractivity contribution in [2.75, 3.05) is 66.2 Å². The second-order valence-electron chi connectivity index (χ2n) is 7.71. The van der Waals surface area contributed by atoms with Crippen molar-refractivity contribution in [1.29, 1.82) is 0 Å². The normalized spacial score (nSPS) is 20.4. The number of guanidine groups is 1. The molecular formula is C22H35IN4O3. The van der Waals surface area contributed by atoms with Gasteiger partial charge in [0.1, 0.15) is 0 Å². The van der Waals surface area contributed by atoms with E-state index in [1.54, 1.807) is 0 Å². The predicted octanol–water partition coefficient (Wildman–Crippen LogP) is 2.18. The number of nitrogens with zero attached hydrogens (tertiary/aromatic N) is 3. The van der Waals surface area contributed by atoms with Crippen LogP contribution in [-0.4, -0.2) is 87.9 Å². The van der Waals surface area contributed by atoms with Crippen molar-refractivity contribution in [1.82, 2.24) is 15.1 Å². The summed E-state index contributed by atoms with van der Waals surface area (Å²) in [6.07, 6.45) is 1.09. The van der Waals surface area contributed by atoms with Gasteiger partial charge in [-0.2, -0.15) is 0 Å². The van der Waals surface area contributed by atoms with Gasteiger partial charge in [-0.15, -0.1) is 24.0 Å². The van der Waals surface area contributed by atoms with Crippen LogP contribution in [0.15, 0.2) is 35.3 Å². The Kier molecular flexibility index (Phi) is 10.9. The van der Waals surface area contributed by atoms with Crippen molar-refractivity contribution >= 4 is 35.8 Å². The predicted molar refractivity (Wildman–Crippen MR) is 130 cm³/mol. The maximum atomic E-state index is 13.3. The van der Waals surface area contributed by atoms with Crippen LogP contribution in [0.4, 0.5) is 0 Å². The molecule has 0 radical (unpaired) electrons. The molecule has 1 aromatic rings. The molecule has 2 unspecified atom stereocenters. The minimum atomic E-state index is -0.286. The number of ether oxygens (including phenoxy) is 2. The van der Waals surface area contributed by atoms with Crippen LogP contribution in [0.1, 0.15) is 24.8 Å². The van der Waals surface area contributed by atoms with Crippen LogP contribution in [-0.2, 0) is 14.3 Å². The standard InChI is InChI=1S/C22H34N4O3.HI/c1-3-23-22(25(2)16-18-9-12-29-17-18)24-15-20(19-7-5-4-6-8-19)21(27)26-10-13-28-14-11-26;/h4-8,18,20H,3,9-17H2,1-2H3,(H,23,24);1H. The van der Waals surface area contributed by atoms with Crippen molar-refractivity contribution < 1.29 is 14.3 Å². The number of rotatable bonds is 7. The first-order chi connectivity index (χ1) is 14.2. The summed E-state index contributed by atoms with van der Waals surface area (Å²) in [5.41, 5.74) is 1.01. The molecule has 2 heterocycles. The molecule has 8 heteroatoms. The molecule has 2 saturated heterocycles. The molecule has 0 saturated carbocycles. The molecule has 2 atom stereocenters. The van der Waals surface area contributed by atoms with E-state index in [-0.39, 0.29) is 35.8 Å². The molecule has 1 aromatic carbocycles. The second kappa shape index (κ2) is 13.1. The van der Waals surface area contributed by atoms with Gasteiger partial charge in [-0.1, -0.05) is 30.3 Å². The van der Waals surface area contributed by atoms with Gasteiger partial charge in [-0.05, 0) is 18.9 Å². The number of carbonyl (C=O) groups is 1. The lowest BCUT2D eigenvalue weighted by Gasteiger charge is -2.30. The van der Waals surface area contributed by atoms with E-state index in [0.29, 0.717) is 38.8 Å². The molecule has 0 aromatic heterocycles. The van der Waals surface area contributed by atoms with Gasteiger partial charge in [0.25, 0.3) is 0 Å². The molecule has 168 valence electrons. The zero-order valence-corrected chi connectivity index (χ0v) is 20.4. The number of benzene rings is 1. The van der Waals surface area contributed by atoms with Gasteiger partial charge in [0.15, 0.2) is 5.96 Å². The van der Waals surface area contributed by atoms with Crippen molar-refractivity contribution in [2.24, 2.45) is 10.9 Å². The maximum Gasteiger partial charge on any atom is 0.232 e. The molecule has 0 bridgehead atoms. The van der Waals surface area contributed by atoms with E-state index in [1.165, 1.54) is 0 Å². The van der Waals surface area contributed by atoms with E-state index < -0.39 is 0 Å². The summed E-state index contributed by atoms with van der Waals surface area (Å²) in [6.45, 7) is 8.33. The Morgan fingerprint density at radius 3 is 2.60 bits per heavy atom. The van der Waals surface area contributed by atoms with Gasteiger partial charge >= 0.3 is 0 Å². The van der Waals surface area contributed by atoms with Gasteiger partial charge in [0.05, 0.1) is 32.3 Å². The average molecular weight is 530 g/mol. The van der Waals surface area contributed by atoms with Crippen LogP contribution < -0.4 is 5.32 Å². The highest BCUT2D eigenvalue weighted by Gasteiger charge is 2.27. The van der Waals surface area contributed by atoms with Gasteiger partial charge in [-0.25, -0.2) is 0 Å². The molecule has 0 spiro atoms. The number of aliphatic imine (C=N–C) groups is 1. The van der Waals surface area contributed by atoms with Crippen molar-refractivity contribution in [2.45, 2.75) is 19.3 Å².